The maximum atomic E-state index is 12.2. The van der Waals surface area contributed by atoms with Gasteiger partial charge in [0.1, 0.15) is 5.75 Å². The molecule has 1 aromatic carbocycles. The summed E-state index contributed by atoms with van der Waals surface area (Å²) in [6.07, 6.45) is 2.31. The number of rotatable bonds is 1. The van der Waals surface area contributed by atoms with E-state index >= 15 is 0 Å². The normalized spacial score (nSPS) is 27.9. The van der Waals surface area contributed by atoms with Crippen molar-refractivity contribution in [2.24, 2.45) is 0 Å². The average Bonchev–Trinajstić information content (AvgIpc) is 2.99. The van der Waals surface area contributed by atoms with Crippen LogP contribution in [0.5, 0.6) is 0 Å². The molecule has 4 rings (SSSR count). The minimum Gasteiger partial charge on any atom is -0.382 e. The van der Waals surface area contributed by atoms with Crippen molar-refractivity contribution >= 4 is 27.6 Å². The summed E-state index contributed by atoms with van der Waals surface area (Å²) >= 11 is 1.78. The number of nitrogens with zero attached hydrogens (tertiary/aromatic N) is 1. The second-order valence-corrected chi connectivity index (χ2v) is 8.34. The topological polar surface area (TPSA) is 46.6 Å². The minimum atomic E-state index is -3.49. The van der Waals surface area contributed by atoms with E-state index in [0.717, 1.165) is 47.7 Å². The number of fused-ring (bicyclic) bond motifs is 2. The van der Waals surface area contributed by atoms with Gasteiger partial charge < -0.3 is 4.18 Å². The first-order valence-electron chi connectivity index (χ1n) is 7.25. The van der Waals surface area contributed by atoms with Crippen LogP contribution in [0, 0.1) is 0 Å². The lowest BCUT2D eigenvalue weighted by Gasteiger charge is -2.36. The molecule has 0 aliphatic carbocycles. The molecular weight excluding hydrogens is 306 g/mol. The molecule has 6 heteroatoms. The Morgan fingerprint density at radius 1 is 1.19 bits per heavy atom. The lowest BCUT2D eigenvalue weighted by molar-refractivity contribution is 0.277. The van der Waals surface area contributed by atoms with Gasteiger partial charge in [-0.15, -0.1) is 11.8 Å². The van der Waals surface area contributed by atoms with Crippen LogP contribution in [-0.2, 0) is 14.3 Å². The van der Waals surface area contributed by atoms with E-state index in [0.29, 0.717) is 5.76 Å². The number of thioether (sulfide) groups is 1. The lowest BCUT2D eigenvalue weighted by atomic mass is 10.0. The van der Waals surface area contributed by atoms with E-state index in [1.54, 1.807) is 11.8 Å². The van der Waals surface area contributed by atoms with Gasteiger partial charge in [-0.1, -0.05) is 18.2 Å². The molecule has 0 N–H and O–H groups in total. The molecule has 0 radical (unpaired) electrons. The van der Waals surface area contributed by atoms with Crippen molar-refractivity contribution in [3.8, 4) is 0 Å². The number of benzene rings is 1. The van der Waals surface area contributed by atoms with Crippen LogP contribution in [0.15, 0.2) is 34.7 Å². The van der Waals surface area contributed by atoms with Crippen LogP contribution in [0.2, 0.25) is 0 Å². The predicted octanol–water partition coefficient (Wildman–Crippen LogP) is 2.33. The van der Waals surface area contributed by atoms with Crippen LogP contribution in [0.25, 0.3) is 5.76 Å². The minimum absolute atomic E-state index is 0.0119. The summed E-state index contributed by atoms with van der Waals surface area (Å²) in [6.45, 7) is 1.98. The van der Waals surface area contributed by atoms with E-state index in [1.807, 2.05) is 24.3 Å². The van der Waals surface area contributed by atoms with Gasteiger partial charge in [-0.05, 0) is 32.0 Å². The Morgan fingerprint density at radius 2 is 1.95 bits per heavy atom. The second kappa shape index (κ2) is 5.04. The maximum absolute atomic E-state index is 12.2. The maximum Gasteiger partial charge on any atom is 0.311 e. The van der Waals surface area contributed by atoms with Crippen molar-refractivity contribution in [2.75, 3.05) is 24.6 Å². The fourth-order valence-electron chi connectivity index (χ4n) is 3.35. The zero-order valence-electron chi connectivity index (χ0n) is 11.6. The largest absolute Gasteiger partial charge is 0.382 e. The van der Waals surface area contributed by atoms with Gasteiger partial charge in [0.25, 0.3) is 0 Å². The van der Waals surface area contributed by atoms with E-state index in [-0.39, 0.29) is 11.8 Å². The van der Waals surface area contributed by atoms with Crippen LogP contribution in [0.4, 0.5) is 0 Å². The average molecular weight is 323 g/mol. The molecule has 0 amide bonds. The molecular formula is C15H17NO3S2. The van der Waals surface area contributed by atoms with Crippen LogP contribution < -0.4 is 0 Å². The van der Waals surface area contributed by atoms with Gasteiger partial charge in [-0.3, -0.25) is 4.90 Å². The van der Waals surface area contributed by atoms with Gasteiger partial charge in [-0.25, -0.2) is 0 Å². The number of hydrogen-bond donors (Lipinski definition) is 0. The predicted molar refractivity (Wildman–Crippen MR) is 83.6 cm³/mol. The van der Waals surface area contributed by atoms with Gasteiger partial charge in [-0.2, -0.15) is 8.42 Å². The van der Waals surface area contributed by atoms with E-state index in [9.17, 15) is 8.42 Å². The highest BCUT2D eigenvalue weighted by Gasteiger charge is 2.40. The third kappa shape index (κ3) is 2.39. The molecule has 1 aromatic rings. The highest BCUT2D eigenvalue weighted by molar-refractivity contribution is 7.99. The molecule has 4 nitrogen and oxygen atoms in total. The molecule has 1 saturated heterocycles. The summed E-state index contributed by atoms with van der Waals surface area (Å²) in [5.74, 6) is 1.50. The molecule has 1 fully saturated rings. The molecule has 21 heavy (non-hydrogen) atoms. The van der Waals surface area contributed by atoms with Gasteiger partial charge in [0.15, 0.2) is 5.76 Å². The van der Waals surface area contributed by atoms with Crippen molar-refractivity contribution in [3.63, 3.8) is 0 Å². The van der Waals surface area contributed by atoms with E-state index in [4.69, 9.17) is 4.18 Å². The van der Waals surface area contributed by atoms with Crippen molar-refractivity contribution in [3.05, 3.63) is 35.4 Å². The summed E-state index contributed by atoms with van der Waals surface area (Å²) in [7, 11) is -3.49. The van der Waals surface area contributed by atoms with Crippen molar-refractivity contribution in [1.29, 1.82) is 0 Å². The molecule has 3 aliphatic rings. The Morgan fingerprint density at radius 3 is 2.76 bits per heavy atom. The molecule has 0 aromatic heterocycles. The van der Waals surface area contributed by atoms with Crippen molar-refractivity contribution in [1.82, 2.24) is 4.90 Å². The van der Waals surface area contributed by atoms with E-state index < -0.39 is 10.1 Å². The summed E-state index contributed by atoms with van der Waals surface area (Å²) in [5.41, 5.74) is 2.08. The Kier molecular flexibility index (Phi) is 3.28. The van der Waals surface area contributed by atoms with Gasteiger partial charge in [0.2, 0.25) is 0 Å². The van der Waals surface area contributed by atoms with E-state index in [2.05, 4.69) is 4.90 Å². The third-order valence-electron chi connectivity index (χ3n) is 4.36. The molecule has 1 atom stereocenters. The number of likely N-dealkylation sites (tertiary alicyclic amines) is 1. The van der Waals surface area contributed by atoms with Crippen LogP contribution in [-0.4, -0.2) is 44.0 Å². The highest BCUT2D eigenvalue weighted by atomic mass is 32.2. The molecule has 0 bridgehead atoms. The zero-order valence-corrected chi connectivity index (χ0v) is 13.3. The Hall–Kier alpha value is -0.980. The molecule has 3 aliphatic heterocycles. The smallest absolute Gasteiger partial charge is 0.311 e. The summed E-state index contributed by atoms with van der Waals surface area (Å²) in [4.78, 5) is 3.41. The van der Waals surface area contributed by atoms with Crippen molar-refractivity contribution in [2.45, 2.75) is 23.8 Å². The molecule has 0 saturated carbocycles. The molecule has 1 unspecified atom stereocenters. The molecule has 0 spiro atoms. The first-order valence-corrected chi connectivity index (χ1v) is 9.82. The fraction of sp³-hybridized carbons (Fsp3) is 0.467. The second-order valence-electron chi connectivity index (χ2n) is 5.71. The Bertz CT molecular complexity index is 705. The fourth-order valence-corrected chi connectivity index (χ4v) is 5.80. The standard InChI is InChI=1S/C15H17NO3S2/c17-21(18)10-13(16-7-3-4-8-16)12-9-20-14-6-2-1-5-11(14)15(12)19-21/h1-2,5-6,13H,3-4,7-10H2. The summed E-state index contributed by atoms with van der Waals surface area (Å²) in [5, 5.41) is 0. The highest BCUT2D eigenvalue weighted by Crippen LogP contribution is 2.43. The van der Waals surface area contributed by atoms with Crippen LogP contribution >= 0.6 is 11.8 Å². The van der Waals surface area contributed by atoms with Crippen LogP contribution in [0.1, 0.15) is 18.4 Å². The monoisotopic (exact) mass is 323 g/mol. The Labute approximate surface area is 129 Å². The molecule has 112 valence electrons. The lowest BCUT2D eigenvalue weighted by Crippen LogP contribution is -2.44. The summed E-state index contributed by atoms with van der Waals surface area (Å²) < 4.78 is 29.8. The van der Waals surface area contributed by atoms with Crippen LogP contribution in [0.3, 0.4) is 0 Å². The van der Waals surface area contributed by atoms with Crippen molar-refractivity contribution < 1.29 is 12.6 Å². The zero-order chi connectivity index (χ0) is 14.4. The number of hydrogen-bond acceptors (Lipinski definition) is 5. The Balaban J connectivity index is 1.83. The summed E-state index contributed by atoms with van der Waals surface area (Å²) in [6, 6.07) is 7.89. The van der Waals surface area contributed by atoms with E-state index in [1.165, 1.54) is 0 Å². The van der Waals surface area contributed by atoms with Gasteiger partial charge in [0.05, 0.1) is 6.04 Å². The van der Waals surface area contributed by atoms with Gasteiger partial charge in [0, 0.05) is 21.8 Å². The first-order chi connectivity index (χ1) is 10.1. The first kappa shape index (κ1) is 13.7. The van der Waals surface area contributed by atoms with Gasteiger partial charge >= 0.3 is 10.1 Å². The third-order valence-corrected chi connectivity index (χ3v) is 6.63. The quantitative estimate of drug-likeness (QED) is 0.742. The SMILES string of the molecule is O=S1(=O)CC(N2CCCC2)C2=C(O1)c1ccccc1SC2. The molecule has 3 heterocycles.